The van der Waals surface area contributed by atoms with Crippen molar-refractivity contribution in [2.45, 2.75) is 45.1 Å². The quantitative estimate of drug-likeness (QED) is 0.900. The van der Waals surface area contributed by atoms with Gasteiger partial charge < -0.3 is 5.73 Å². The van der Waals surface area contributed by atoms with Crippen molar-refractivity contribution < 1.29 is 8.42 Å². The monoisotopic (exact) mass is 255 g/mol. The van der Waals surface area contributed by atoms with Crippen LogP contribution < -0.4 is 5.73 Å². The molecule has 0 saturated carbocycles. The highest BCUT2D eigenvalue weighted by Gasteiger charge is 2.26. The summed E-state index contributed by atoms with van der Waals surface area (Å²) in [4.78, 5) is 0.432. The van der Waals surface area contributed by atoms with Gasteiger partial charge in [-0.3, -0.25) is 0 Å². The van der Waals surface area contributed by atoms with Crippen LogP contribution in [0, 0.1) is 20.8 Å². The summed E-state index contributed by atoms with van der Waals surface area (Å²) in [6.45, 7) is 9.07. The number of nitrogens with two attached hydrogens (primary N) is 1. The summed E-state index contributed by atoms with van der Waals surface area (Å²) in [5.41, 5.74) is 7.76. The van der Waals surface area contributed by atoms with Crippen LogP contribution in [0.5, 0.6) is 0 Å². The van der Waals surface area contributed by atoms with Gasteiger partial charge in [0.1, 0.15) is 0 Å². The highest BCUT2D eigenvalue weighted by molar-refractivity contribution is 7.91. The van der Waals surface area contributed by atoms with Gasteiger partial charge in [-0.25, -0.2) is 8.42 Å². The van der Waals surface area contributed by atoms with Crippen LogP contribution in [0.25, 0.3) is 0 Å². The summed E-state index contributed by atoms with van der Waals surface area (Å²) in [7, 11) is -3.32. The van der Waals surface area contributed by atoms with Gasteiger partial charge in [0.05, 0.1) is 10.6 Å². The fraction of sp³-hybridized carbons (Fsp3) is 0.538. The van der Waals surface area contributed by atoms with Crippen molar-refractivity contribution in [3.8, 4) is 0 Å². The molecule has 0 aromatic heterocycles. The Morgan fingerprint density at radius 3 is 1.88 bits per heavy atom. The summed E-state index contributed by atoms with van der Waals surface area (Å²) in [6.07, 6.45) is 0. The summed E-state index contributed by atoms with van der Waals surface area (Å²) in [6, 6.07) is 3.78. The number of benzene rings is 1. The average molecular weight is 255 g/mol. The summed E-state index contributed by atoms with van der Waals surface area (Å²) < 4.78 is 24.6. The fourth-order valence-corrected chi connectivity index (χ4v) is 4.44. The Bertz CT molecular complexity index is 502. The van der Waals surface area contributed by atoms with Gasteiger partial charge >= 0.3 is 0 Å². The van der Waals surface area contributed by atoms with E-state index in [1.54, 1.807) is 13.8 Å². The van der Waals surface area contributed by atoms with E-state index in [9.17, 15) is 8.42 Å². The van der Waals surface area contributed by atoms with E-state index in [1.165, 1.54) is 0 Å². The first-order valence-corrected chi connectivity index (χ1v) is 7.28. The van der Waals surface area contributed by atoms with Gasteiger partial charge in [0, 0.05) is 5.54 Å². The van der Waals surface area contributed by atoms with Crippen LogP contribution >= 0.6 is 0 Å². The predicted octanol–water partition coefficient (Wildman–Crippen LogP) is 2.12. The standard InChI is InChI=1S/C13H21NO2S/c1-9-6-10(2)12(11(3)7-9)17(15,16)8-13(4,5)14/h6-7H,8,14H2,1-5H3. The Kier molecular flexibility index (Phi) is 3.69. The molecule has 0 fully saturated rings. The highest BCUT2D eigenvalue weighted by atomic mass is 32.2. The maximum atomic E-state index is 12.3. The smallest absolute Gasteiger partial charge is 0.180 e. The molecule has 3 nitrogen and oxygen atoms in total. The molecule has 0 heterocycles. The van der Waals surface area contributed by atoms with Gasteiger partial charge in [-0.2, -0.15) is 0 Å². The Balaban J connectivity index is 3.35. The molecule has 1 rings (SSSR count). The minimum absolute atomic E-state index is 0.0370. The lowest BCUT2D eigenvalue weighted by Gasteiger charge is -2.20. The van der Waals surface area contributed by atoms with Crippen molar-refractivity contribution in [1.29, 1.82) is 0 Å². The molecule has 17 heavy (non-hydrogen) atoms. The van der Waals surface area contributed by atoms with E-state index in [0.717, 1.165) is 16.7 Å². The lowest BCUT2D eigenvalue weighted by molar-refractivity contribution is 0.543. The maximum Gasteiger partial charge on any atom is 0.180 e. The first-order chi connectivity index (χ1) is 7.53. The third-order valence-corrected chi connectivity index (χ3v) is 4.87. The number of rotatable bonds is 3. The fourth-order valence-electron chi connectivity index (χ4n) is 2.22. The molecule has 0 atom stereocenters. The van der Waals surface area contributed by atoms with E-state index in [1.807, 2.05) is 32.9 Å². The van der Waals surface area contributed by atoms with Crippen LogP contribution in [0.15, 0.2) is 17.0 Å². The second kappa shape index (κ2) is 4.42. The van der Waals surface area contributed by atoms with Crippen LogP contribution in [-0.2, 0) is 9.84 Å². The van der Waals surface area contributed by atoms with Gasteiger partial charge in [0.25, 0.3) is 0 Å². The van der Waals surface area contributed by atoms with Crippen molar-refractivity contribution in [3.63, 3.8) is 0 Å². The largest absolute Gasteiger partial charge is 0.325 e. The van der Waals surface area contributed by atoms with Gasteiger partial charge in [-0.1, -0.05) is 17.7 Å². The molecule has 1 aromatic carbocycles. The van der Waals surface area contributed by atoms with Crippen molar-refractivity contribution in [1.82, 2.24) is 0 Å². The lowest BCUT2D eigenvalue weighted by Crippen LogP contribution is -2.40. The zero-order valence-electron chi connectivity index (χ0n) is 11.2. The van der Waals surface area contributed by atoms with Crippen molar-refractivity contribution in [2.24, 2.45) is 5.73 Å². The normalized spacial score (nSPS) is 12.8. The molecule has 1 aromatic rings. The maximum absolute atomic E-state index is 12.3. The van der Waals surface area contributed by atoms with E-state index < -0.39 is 15.4 Å². The molecule has 0 aliphatic heterocycles. The summed E-state index contributed by atoms with van der Waals surface area (Å²) in [5, 5.41) is 0. The molecule has 2 N–H and O–H groups in total. The van der Waals surface area contributed by atoms with Crippen molar-refractivity contribution in [2.75, 3.05) is 5.75 Å². The summed E-state index contributed by atoms with van der Waals surface area (Å²) in [5.74, 6) is -0.0370. The van der Waals surface area contributed by atoms with E-state index in [-0.39, 0.29) is 5.75 Å². The third kappa shape index (κ3) is 3.54. The van der Waals surface area contributed by atoms with E-state index in [0.29, 0.717) is 4.90 Å². The molecule has 0 unspecified atom stereocenters. The molecule has 0 amide bonds. The average Bonchev–Trinajstić information content (AvgIpc) is 1.93. The molecule has 0 bridgehead atoms. The molecule has 0 aliphatic carbocycles. The molecular weight excluding hydrogens is 234 g/mol. The van der Waals surface area contributed by atoms with E-state index in [2.05, 4.69) is 0 Å². The molecule has 0 aliphatic rings. The first-order valence-electron chi connectivity index (χ1n) is 5.62. The number of aryl methyl sites for hydroxylation is 3. The van der Waals surface area contributed by atoms with Gasteiger partial charge in [0.15, 0.2) is 9.84 Å². The van der Waals surface area contributed by atoms with Gasteiger partial charge in [0.2, 0.25) is 0 Å². The Hall–Kier alpha value is -0.870. The zero-order chi connectivity index (χ0) is 13.4. The third-order valence-electron chi connectivity index (χ3n) is 2.48. The minimum Gasteiger partial charge on any atom is -0.325 e. The number of sulfone groups is 1. The van der Waals surface area contributed by atoms with Crippen LogP contribution in [0.1, 0.15) is 30.5 Å². The molecule has 96 valence electrons. The van der Waals surface area contributed by atoms with Crippen molar-refractivity contribution >= 4 is 9.84 Å². The van der Waals surface area contributed by atoms with Crippen LogP contribution in [-0.4, -0.2) is 19.7 Å². The highest BCUT2D eigenvalue weighted by Crippen LogP contribution is 2.24. The van der Waals surface area contributed by atoms with Crippen LogP contribution in [0.4, 0.5) is 0 Å². The molecule has 0 spiro atoms. The SMILES string of the molecule is Cc1cc(C)c(S(=O)(=O)CC(C)(C)N)c(C)c1. The lowest BCUT2D eigenvalue weighted by atomic mass is 10.1. The minimum atomic E-state index is -3.32. The molecule has 4 heteroatoms. The van der Waals surface area contributed by atoms with Gasteiger partial charge in [-0.15, -0.1) is 0 Å². The van der Waals surface area contributed by atoms with E-state index >= 15 is 0 Å². The second-order valence-electron chi connectivity index (χ2n) is 5.48. The van der Waals surface area contributed by atoms with Crippen LogP contribution in [0.2, 0.25) is 0 Å². The molecule has 0 radical (unpaired) electrons. The van der Waals surface area contributed by atoms with Crippen LogP contribution in [0.3, 0.4) is 0 Å². The molecule has 0 saturated heterocycles. The Labute approximate surface area is 104 Å². The Morgan fingerprint density at radius 1 is 1.12 bits per heavy atom. The zero-order valence-corrected chi connectivity index (χ0v) is 12.0. The Morgan fingerprint density at radius 2 is 1.53 bits per heavy atom. The van der Waals surface area contributed by atoms with Crippen molar-refractivity contribution in [3.05, 3.63) is 28.8 Å². The van der Waals surface area contributed by atoms with E-state index in [4.69, 9.17) is 5.73 Å². The number of hydrogen-bond acceptors (Lipinski definition) is 3. The number of hydrogen-bond donors (Lipinski definition) is 1. The predicted molar refractivity (Wildman–Crippen MR) is 71.0 cm³/mol. The second-order valence-corrected chi connectivity index (χ2v) is 7.40. The van der Waals surface area contributed by atoms with Gasteiger partial charge in [-0.05, 0) is 45.7 Å². The first kappa shape index (κ1) is 14.2. The topological polar surface area (TPSA) is 60.2 Å². The summed E-state index contributed by atoms with van der Waals surface area (Å²) >= 11 is 0. The molecular formula is C13H21NO2S.